The van der Waals surface area contributed by atoms with Crippen molar-refractivity contribution in [3.05, 3.63) is 28.0 Å². The molecule has 0 aromatic carbocycles. The van der Waals surface area contributed by atoms with Gasteiger partial charge in [-0.3, -0.25) is 4.79 Å². The van der Waals surface area contributed by atoms with Gasteiger partial charge < -0.3 is 10.2 Å². The standard InChI is InChI=1S/C21H26FN5O3S2/c1-12-14-17(21(5-6-21)26(3)18(14)28)31-16(12)15-13(22)11-23-19(24-15)25-20(2)7-9-27(10-8-20)32(4,29)30/h11H,5-10H2,1-4H3,(H,23,24,25). The third-order valence-corrected chi connectivity index (χ3v) is 9.92. The Labute approximate surface area is 190 Å². The summed E-state index contributed by atoms with van der Waals surface area (Å²) in [6.45, 7) is 4.67. The van der Waals surface area contributed by atoms with Gasteiger partial charge in [0.1, 0.15) is 5.69 Å². The molecule has 2 fully saturated rings. The maximum Gasteiger partial charge on any atom is 0.255 e. The van der Waals surface area contributed by atoms with E-state index in [0.717, 1.165) is 29.5 Å². The highest BCUT2D eigenvalue weighted by Crippen LogP contribution is 2.60. The molecule has 4 heterocycles. The highest BCUT2D eigenvalue weighted by Gasteiger charge is 2.58. The van der Waals surface area contributed by atoms with E-state index in [4.69, 9.17) is 0 Å². The molecule has 2 aromatic rings. The lowest BCUT2D eigenvalue weighted by molar-refractivity contribution is 0.0755. The first-order valence-electron chi connectivity index (χ1n) is 10.6. The number of anilines is 1. The predicted octanol–water partition coefficient (Wildman–Crippen LogP) is 2.95. The van der Waals surface area contributed by atoms with Crippen LogP contribution in [0.1, 0.15) is 53.4 Å². The molecule has 32 heavy (non-hydrogen) atoms. The monoisotopic (exact) mass is 479 g/mol. The van der Waals surface area contributed by atoms with Gasteiger partial charge >= 0.3 is 0 Å². The van der Waals surface area contributed by atoms with Crippen molar-refractivity contribution < 1.29 is 17.6 Å². The van der Waals surface area contributed by atoms with Crippen molar-refractivity contribution in [3.63, 3.8) is 0 Å². The number of hydrogen-bond donors (Lipinski definition) is 1. The lowest BCUT2D eigenvalue weighted by Crippen LogP contribution is -2.49. The smallest absolute Gasteiger partial charge is 0.255 e. The van der Waals surface area contributed by atoms with E-state index in [2.05, 4.69) is 15.3 Å². The normalized spacial score (nSPS) is 21.8. The van der Waals surface area contributed by atoms with Gasteiger partial charge in [0, 0.05) is 30.6 Å². The Morgan fingerprint density at radius 2 is 1.88 bits per heavy atom. The Bertz CT molecular complexity index is 1230. The minimum Gasteiger partial charge on any atom is -0.349 e. The van der Waals surface area contributed by atoms with Crippen LogP contribution in [0.4, 0.5) is 10.3 Å². The average Bonchev–Trinajstić information content (AvgIpc) is 3.41. The number of halogens is 1. The van der Waals surface area contributed by atoms with Crippen LogP contribution < -0.4 is 5.32 Å². The van der Waals surface area contributed by atoms with Gasteiger partial charge in [0.2, 0.25) is 16.0 Å². The van der Waals surface area contributed by atoms with Gasteiger partial charge in [-0.2, -0.15) is 0 Å². The molecule has 0 bridgehead atoms. The Morgan fingerprint density at radius 1 is 1.22 bits per heavy atom. The molecule has 0 atom stereocenters. The van der Waals surface area contributed by atoms with Crippen molar-refractivity contribution in [2.24, 2.45) is 0 Å². The number of nitrogens with zero attached hydrogens (tertiary/aromatic N) is 4. The number of nitrogens with one attached hydrogen (secondary N) is 1. The predicted molar refractivity (Wildman–Crippen MR) is 121 cm³/mol. The Balaban J connectivity index is 1.44. The highest BCUT2D eigenvalue weighted by atomic mass is 32.2. The van der Waals surface area contributed by atoms with Gasteiger partial charge in [0.05, 0.1) is 28.4 Å². The number of fused-ring (bicyclic) bond motifs is 2. The fourth-order valence-corrected chi connectivity index (χ4v) is 7.23. The minimum atomic E-state index is -3.22. The minimum absolute atomic E-state index is 0.00420. The third-order valence-electron chi connectivity index (χ3n) is 7.12. The van der Waals surface area contributed by atoms with Crippen LogP contribution in [0.3, 0.4) is 0 Å². The molecule has 11 heteroatoms. The molecule has 8 nitrogen and oxygen atoms in total. The molecule has 0 unspecified atom stereocenters. The molecule has 1 N–H and O–H groups in total. The van der Waals surface area contributed by atoms with E-state index in [-0.39, 0.29) is 17.1 Å². The average molecular weight is 480 g/mol. The van der Waals surface area contributed by atoms with Crippen molar-refractivity contribution in [3.8, 4) is 10.6 Å². The van der Waals surface area contributed by atoms with Gasteiger partial charge in [0.15, 0.2) is 5.82 Å². The summed E-state index contributed by atoms with van der Waals surface area (Å²) in [7, 11) is -1.38. The van der Waals surface area contributed by atoms with Gasteiger partial charge in [-0.05, 0) is 45.1 Å². The largest absolute Gasteiger partial charge is 0.349 e. The first-order valence-corrected chi connectivity index (χ1v) is 13.3. The first kappa shape index (κ1) is 21.7. The molecule has 0 radical (unpaired) electrons. The summed E-state index contributed by atoms with van der Waals surface area (Å²) in [6.07, 6.45) is 5.42. The summed E-state index contributed by atoms with van der Waals surface area (Å²) in [4.78, 5) is 24.9. The van der Waals surface area contributed by atoms with Crippen molar-refractivity contribution in [1.82, 2.24) is 19.2 Å². The molecular weight excluding hydrogens is 453 g/mol. The van der Waals surface area contributed by atoms with Crippen molar-refractivity contribution in [2.75, 3.05) is 31.7 Å². The van der Waals surface area contributed by atoms with E-state index in [1.54, 1.807) is 0 Å². The fourth-order valence-electron chi connectivity index (χ4n) is 4.81. The molecule has 2 aromatic heterocycles. The maximum atomic E-state index is 14.8. The van der Waals surface area contributed by atoms with Gasteiger partial charge in [-0.1, -0.05) is 0 Å². The molecule has 1 spiro atoms. The van der Waals surface area contributed by atoms with Crippen LogP contribution >= 0.6 is 11.3 Å². The van der Waals surface area contributed by atoms with Crippen molar-refractivity contribution in [2.45, 2.75) is 50.6 Å². The van der Waals surface area contributed by atoms with Crippen LogP contribution in [0.2, 0.25) is 0 Å². The Morgan fingerprint density at radius 3 is 2.47 bits per heavy atom. The number of thiophene rings is 1. The van der Waals surface area contributed by atoms with Crippen molar-refractivity contribution in [1.29, 1.82) is 0 Å². The molecule has 1 saturated carbocycles. The molecule has 1 aliphatic carbocycles. The number of hydrogen-bond acceptors (Lipinski definition) is 7. The summed E-state index contributed by atoms with van der Waals surface area (Å²) in [5.41, 5.74) is 1.03. The number of rotatable bonds is 4. The highest BCUT2D eigenvalue weighted by molar-refractivity contribution is 7.88. The van der Waals surface area contributed by atoms with Gasteiger partial charge in [-0.15, -0.1) is 11.3 Å². The second kappa shape index (κ2) is 6.94. The first-order chi connectivity index (χ1) is 15.0. The number of amides is 1. The lowest BCUT2D eigenvalue weighted by atomic mass is 9.91. The van der Waals surface area contributed by atoms with E-state index in [0.29, 0.717) is 42.3 Å². The van der Waals surface area contributed by atoms with E-state index in [1.165, 1.54) is 21.9 Å². The lowest BCUT2D eigenvalue weighted by Gasteiger charge is -2.38. The molecular formula is C21H26FN5O3S2. The van der Waals surface area contributed by atoms with Crippen LogP contribution in [0.25, 0.3) is 10.6 Å². The summed E-state index contributed by atoms with van der Waals surface area (Å²) in [5.74, 6) is -0.231. The second-order valence-electron chi connectivity index (χ2n) is 9.39. The molecule has 1 saturated heterocycles. The van der Waals surface area contributed by atoms with Crippen LogP contribution in [0.15, 0.2) is 6.20 Å². The molecule has 5 rings (SSSR count). The maximum absolute atomic E-state index is 14.8. The number of carbonyl (C=O) groups is 1. The summed E-state index contributed by atoms with van der Waals surface area (Å²) >= 11 is 1.46. The number of piperidine rings is 1. The van der Waals surface area contributed by atoms with E-state index in [9.17, 15) is 17.6 Å². The van der Waals surface area contributed by atoms with Crippen LogP contribution in [-0.2, 0) is 15.6 Å². The zero-order valence-electron chi connectivity index (χ0n) is 18.5. The zero-order valence-corrected chi connectivity index (χ0v) is 20.2. The van der Waals surface area contributed by atoms with Crippen molar-refractivity contribution >= 4 is 33.2 Å². The third kappa shape index (κ3) is 3.24. The summed E-state index contributed by atoms with van der Waals surface area (Å²) in [6, 6.07) is 0. The van der Waals surface area contributed by atoms with E-state index >= 15 is 0 Å². The van der Waals surface area contributed by atoms with Crippen LogP contribution in [0.5, 0.6) is 0 Å². The van der Waals surface area contributed by atoms with E-state index in [1.807, 2.05) is 25.8 Å². The fraction of sp³-hybridized carbons (Fsp3) is 0.571. The van der Waals surface area contributed by atoms with Gasteiger partial charge in [0.25, 0.3) is 5.91 Å². The second-order valence-corrected chi connectivity index (χ2v) is 12.4. The molecule has 1 amide bonds. The van der Waals surface area contributed by atoms with Gasteiger partial charge in [-0.25, -0.2) is 27.1 Å². The molecule has 2 aliphatic heterocycles. The number of carbonyl (C=O) groups excluding carboxylic acids is 1. The molecule has 3 aliphatic rings. The zero-order chi connectivity index (χ0) is 23.1. The van der Waals surface area contributed by atoms with Crippen LogP contribution in [0, 0.1) is 12.7 Å². The number of sulfonamides is 1. The molecule has 172 valence electrons. The summed E-state index contributed by atoms with van der Waals surface area (Å²) < 4.78 is 39.9. The van der Waals surface area contributed by atoms with E-state index < -0.39 is 21.4 Å². The quantitative estimate of drug-likeness (QED) is 0.725. The number of aromatic nitrogens is 2. The summed E-state index contributed by atoms with van der Waals surface area (Å²) in [5, 5.41) is 3.30. The SMILES string of the molecule is Cc1c(-c2nc(NC3(C)CCN(S(C)(=O)=O)CC3)ncc2F)sc2c1C(=O)N(C)C21CC1. The Hall–Kier alpha value is -2.11. The van der Waals surface area contributed by atoms with Crippen LogP contribution in [-0.4, -0.2) is 65.4 Å². The topological polar surface area (TPSA) is 95.5 Å². The Kier molecular flexibility index (Phi) is 4.71.